The molecule has 0 aliphatic carbocycles. The zero-order valence-corrected chi connectivity index (χ0v) is 12.3. The van der Waals surface area contributed by atoms with Crippen LogP contribution in [0.2, 0.25) is 0 Å². The quantitative estimate of drug-likeness (QED) is 0.815. The Labute approximate surface area is 115 Å². The van der Waals surface area contributed by atoms with E-state index in [2.05, 4.69) is 24.0 Å². The van der Waals surface area contributed by atoms with Crippen LogP contribution < -0.4 is 0 Å². The third-order valence-electron chi connectivity index (χ3n) is 3.74. The molecule has 0 spiro atoms. The van der Waals surface area contributed by atoms with Crippen molar-refractivity contribution in [3.05, 3.63) is 29.1 Å². The lowest BCUT2D eigenvalue weighted by atomic mass is 10.0. The molecule has 4 heteroatoms. The number of likely N-dealkylation sites (tertiary alicyclic amines) is 1. The second-order valence-corrected chi connectivity index (χ2v) is 5.65. The molecule has 19 heavy (non-hydrogen) atoms. The highest BCUT2D eigenvalue weighted by Gasteiger charge is 2.25. The zero-order valence-electron chi connectivity index (χ0n) is 12.3. The van der Waals surface area contributed by atoms with Gasteiger partial charge in [0.25, 0.3) is 5.91 Å². The van der Waals surface area contributed by atoms with Crippen molar-refractivity contribution in [1.29, 1.82) is 0 Å². The van der Waals surface area contributed by atoms with Gasteiger partial charge in [-0.2, -0.15) is 0 Å². The van der Waals surface area contributed by atoms with Crippen molar-refractivity contribution in [3.63, 3.8) is 0 Å². The van der Waals surface area contributed by atoms with Crippen LogP contribution in [-0.2, 0) is 0 Å². The molecule has 2 heterocycles. The minimum atomic E-state index is 0.139. The van der Waals surface area contributed by atoms with Crippen LogP contribution in [0.4, 0.5) is 0 Å². The molecule has 1 fully saturated rings. The summed E-state index contributed by atoms with van der Waals surface area (Å²) in [6.45, 7) is 5.56. The maximum Gasteiger partial charge on any atom is 0.254 e. The number of likely N-dealkylation sites (N-methyl/N-ethyl adjacent to an activating group) is 1. The van der Waals surface area contributed by atoms with E-state index in [1.54, 1.807) is 0 Å². The summed E-state index contributed by atoms with van der Waals surface area (Å²) < 4.78 is 0. The molecule has 2 rings (SSSR count). The Balaban J connectivity index is 2.14. The fourth-order valence-electron chi connectivity index (χ4n) is 2.70. The number of carbonyl (C=O) groups is 1. The predicted octanol–water partition coefficient (Wildman–Crippen LogP) is 1.86. The van der Waals surface area contributed by atoms with Gasteiger partial charge in [-0.05, 0) is 52.9 Å². The molecule has 104 valence electrons. The maximum absolute atomic E-state index is 12.6. The van der Waals surface area contributed by atoms with Gasteiger partial charge in [0.2, 0.25) is 0 Å². The Kier molecular flexibility index (Phi) is 4.20. The number of pyridine rings is 1. The number of hydrogen-bond acceptors (Lipinski definition) is 3. The number of hydrogen-bond donors (Lipinski definition) is 0. The molecule has 1 amide bonds. The van der Waals surface area contributed by atoms with Crippen molar-refractivity contribution in [1.82, 2.24) is 14.8 Å². The van der Waals surface area contributed by atoms with Crippen molar-refractivity contribution in [2.24, 2.45) is 0 Å². The topological polar surface area (TPSA) is 36.4 Å². The number of aromatic nitrogens is 1. The van der Waals surface area contributed by atoms with Crippen molar-refractivity contribution in [2.45, 2.75) is 32.7 Å². The van der Waals surface area contributed by atoms with E-state index in [0.717, 1.165) is 36.5 Å². The molecular weight excluding hydrogens is 238 g/mol. The lowest BCUT2D eigenvalue weighted by Gasteiger charge is -2.36. The van der Waals surface area contributed by atoms with Gasteiger partial charge in [-0.15, -0.1) is 0 Å². The Hall–Kier alpha value is -1.42. The summed E-state index contributed by atoms with van der Waals surface area (Å²) in [4.78, 5) is 21.1. The summed E-state index contributed by atoms with van der Waals surface area (Å²) in [6.07, 6.45) is 2.25. The van der Waals surface area contributed by atoms with Gasteiger partial charge in [0.1, 0.15) is 0 Å². The number of piperidine rings is 1. The Morgan fingerprint density at radius 3 is 2.53 bits per heavy atom. The van der Waals surface area contributed by atoms with Crippen molar-refractivity contribution in [2.75, 3.05) is 27.2 Å². The van der Waals surface area contributed by atoms with Gasteiger partial charge in [-0.25, -0.2) is 0 Å². The van der Waals surface area contributed by atoms with E-state index in [1.165, 1.54) is 6.42 Å². The molecule has 1 aliphatic heterocycles. The Bertz CT molecular complexity index is 450. The van der Waals surface area contributed by atoms with Crippen LogP contribution in [0, 0.1) is 13.8 Å². The smallest absolute Gasteiger partial charge is 0.254 e. The number of rotatable bonds is 2. The molecular formula is C15H23N3O. The van der Waals surface area contributed by atoms with Crippen molar-refractivity contribution >= 4 is 5.91 Å². The van der Waals surface area contributed by atoms with Gasteiger partial charge in [0.15, 0.2) is 0 Å². The van der Waals surface area contributed by atoms with E-state index in [1.807, 2.05) is 30.9 Å². The van der Waals surface area contributed by atoms with Gasteiger partial charge in [-0.3, -0.25) is 9.78 Å². The Morgan fingerprint density at radius 1 is 1.32 bits per heavy atom. The van der Waals surface area contributed by atoms with Crippen LogP contribution in [-0.4, -0.2) is 53.9 Å². The predicted molar refractivity (Wildman–Crippen MR) is 76.3 cm³/mol. The van der Waals surface area contributed by atoms with Gasteiger partial charge >= 0.3 is 0 Å². The zero-order chi connectivity index (χ0) is 14.0. The molecule has 1 aliphatic rings. The van der Waals surface area contributed by atoms with Crippen LogP contribution in [0.3, 0.4) is 0 Å². The first kappa shape index (κ1) is 14.0. The summed E-state index contributed by atoms with van der Waals surface area (Å²) in [7, 11) is 4.17. The molecule has 1 saturated heterocycles. The van der Waals surface area contributed by atoms with Crippen LogP contribution in [0.5, 0.6) is 0 Å². The van der Waals surface area contributed by atoms with Crippen LogP contribution in [0.25, 0.3) is 0 Å². The highest BCUT2D eigenvalue weighted by molar-refractivity contribution is 5.94. The average molecular weight is 261 g/mol. The van der Waals surface area contributed by atoms with Crippen molar-refractivity contribution < 1.29 is 4.79 Å². The van der Waals surface area contributed by atoms with E-state index < -0.39 is 0 Å². The fraction of sp³-hybridized carbons (Fsp3) is 0.600. The highest BCUT2D eigenvalue weighted by Crippen LogP contribution is 2.17. The van der Waals surface area contributed by atoms with Crippen LogP contribution >= 0.6 is 0 Å². The van der Waals surface area contributed by atoms with Gasteiger partial charge in [0.05, 0.1) is 0 Å². The lowest BCUT2D eigenvalue weighted by Crippen LogP contribution is -2.47. The number of aryl methyl sites for hydroxylation is 2. The molecule has 0 radical (unpaired) electrons. The molecule has 0 unspecified atom stereocenters. The van der Waals surface area contributed by atoms with Gasteiger partial charge in [-0.1, -0.05) is 0 Å². The molecule has 1 atom stereocenters. The molecule has 0 bridgehead atoms. The first-order valence-corrected chi connectivity index (χ1v) is 6.88. The maximum atomic E-state index is 12.6. The normalized spacial score (nSPS) is 19.8. The molecule has 1 aromatic rings. The summed E-state index contributed by atoms with van der Waals surface area (Å²) in [6, 6.07) is 4.24. The molecule has 0 aromatic carbocycles. The second-order valence-electron chi connectivity index (χ2n) is 5.65. The molecule has 0 N–H and O–H groups in total. The molecule has 4 nitrogen and oxygen atoms in total. The van der Waals surface area contributed by atoms with Crippen LogP contribution in [0.15, 0.2) is 12.1 Å². The van der Waals surface area contributed by atoms with Gasteiger partial charge in [0, 0.05) is 36.1 Å². The minimum absolute atomic E-state index is 0.139. The van der Waals surface area contributed by atoms with E-state index >= 15 is 0 Å². The van der Waals surface area contributed by atoms with E-state index in [4.69, 9.17) is 0 Å². The summed E-state index contributed by atoms with van der Waals surface area (Å²) in [5.41, 5.74) is 2.58. The van der Waals surface area contributed by atoms with E-state index in [9.17, 15) is 4.79 Å². The summed E-state index contributed by atoms with van der Waals surface area (Å²) in [5, 5.41) is 0. The monoisotopic (exact) mass is 261 g/mol. The largest absolute Gasteiger partial charge is 0.337 e. The third-order valence-corrected chi connectivity index (χ3v) is 3.74. The standard InChI is InChI=1S/C15H23N3O/c1-11-8-13(9-12(2)16-11)15(19)18-7-5-6-14(10-18)17(3)4/h8-9,14H,5-7,10H2,1-4H3/t14-/m1/s1. The molecule has 0 saturated carbocycles. The second kappa shape index (κ2) is 5.70. The Morgan fingerprint density at radius 2 is 1.95 bits per heavy atom. The van der Waals surface area contributed by atoms with Crippen LogP contribution in [0.1, 0.15) is 34.6 Å². The summed E-state index contributed by atoms with van der Waals surface area (Å²) >= 11 is 0. The minimum Gasteiger partial charge on any atom is -0.337 e. The number of nitrogens with zero attached hydrogens (tertiary/aromatic N) is 3. The van der Waals surface area contributed by atoms with E-state index in [0.29, 0.717) is 6.04 Å². The first-order chi connectivity index (χ1) is 8.97. The SMILES string of the molecule is Cc1cc(C(=O)N2CCC[C@@H](N(C)C)C2)cc(C)n1. The lowest BCUT2D eigenvalue weighted by molar-refractivity contribution is 0.0635. The third kappa shape index (κ3) is 3.32. The molecule has 1 aromatic heterocycles. The first-order valence-electron chi connectivity index (χ1n) is 6.88. The number of carbonyl (C=O) groups excluding carboxylic acids is 1. The number of amides is 1. The van der Waals surface area contributed by atoms with Crippen molar-refractivity contribution in [3.8, 4) is 0 Å². The summed E-state index contributed by atoms with van der Waals surface area (Å²) in [5.74, 6) is 0.139. The fourth-order valence-corrected chi connectivity index (χ4v) is 2.70. The highest BCUT2D eigenvalue weighted by atomic mass is 16.2. The average Bonchev–Trinajstić information content (AvgIpc) is 2.37. The van der Waals surface area contributed by atoms with E-state index in [-0.39, 0.29) is 5.91 Å². The van der Waals surface area contributed by atoms with Gasteiger partial charge < -0.3 is 9.80 Å².